The maximum atomic E-state index is 12.8. The number of para-hydroxylation sites is 1. The average Bonchev–Trinajstić information content (AvgIpc) is 3.27. The van der Waals surface area contributed by atoms with Crippen LogP contribution in [-0.2, 0) is 19.4 Å². The fourth-order valence-electron chi connectivity index (χ4n) is 3.91. The Labute approximate surface area is 150 Å². The third-order valence-electron chi connectivity index (χ3n) is 5.20. The van der Waals surface area contributed by atoms with Gasteiger partial charge in [-0.25, -0.2) is 4.98 Å². The molecule has 3 heterocycles. The molecule has 1 amide bonds. The van der Waals surface area contributed by atoms with Crippen molar-refractivity contribution in [1.29, 1.82) is 0 Å². The summed E-state index contributed by atoms with van der Waals surface area (Å²) in [5.74, 6) is -0.0711. The first-order valence-electron chi connectivity index (χ1n) is 8.98. The van der Waals surface area contributed by atoms with Crippen molar-refractivity contribution in [3.05, 3.63) is 65.5 Å². The van der Waals surface area contributed by atoms with Crippen molar-refractivity contribution >= 4 is 22.5 Å². The first-order chi connectivity index (χ1) is 12.8. The molecule has 0 fully saturated rings. The number of H-pyrrole nitrogens is 1. The van der Waals surface area contributed by atoms with Gasteiger partial charge in [-0.3, -0.25) is 14.2 Å². The number of carbonyl (C=O) groups is 1. The Morgan fingerprint density at radius 1 is 1.23 bits per heavy atom. The topological polar surface area (TPSA) is 75.1 Å². The molecule has 0 bridgehead atoms. The first-order valence-corrected chi connectivity index (χ1v) is 8.98. The van der Waals surface area contributed by atoms with Gasteiger partial charge in [0.25, 0.3) is 5.91 Å². The van der Waals surface area contributed by atoms with Crippen LogP contribution in [0.2, 0.25) is 0 Å². The number of imidazole rings is 1. The SMILES string of the molecule is O=C(NCc1cnc2cnccn12)c1cccc2c3c([nH]c12)CCCC3. The number of aromatic amines is 1. The summed E-state index contributed by atoms with van der Waals surface area (Å²) in [6.45, 7) is 0.417. The Hall–Kier alpha value is -3.15. The number of fused-ring (bicyclic) bond motifs is 4. The zero-order valence-corrected chi connectivity index (χ0v) is 14.3. The molecule has 1 aliphatic carbocycles. The fourth-order valence-corrected chi connectivity index (χ4v) is 3.91. The van der Waals surface area contributed by atoms with E-state index in [1.807, 2.05) is 22.7 Å². The Balaban J connectivity index is 1.44. The van der Waals surface area contributed by atoms with Gasteiger partial charge in [0.1, 0.15) is 0 Å². The van der Waals surface area contributed by atoms with E-state index in [1.54, 1.807) is 18.6 Å². The number of hydrogen-bond donors (Lipinski definition) is 2. The van der Waals surface area contributed by atoms with Crippen LogP contribution in [0.1, 0.15) is 40.2 Å². The number of hydrogen-bond acceptors (Lipinski definition) is 3. The van der Waals surface area contributed by atoms with E-state index < -0.39 is 0 Å². The number of aromatic nitrogens is 4. The number of aryl methyl sites for hydroxylation is 2. The molecule has 0 radical (unpaired) electrons. The molecule has 26 heavy (non-hydrogen) atoms. The van der Waals surface area contributed by atoms with Crippen molar-refractivity contribution < 1.29 is 4.79 Å². The molecule has 6 heteroatoms. The van der Waals surface area contributed by atoms with Crippen LogP contribution >= 0.6 is 0 Å². The molecule has 5 rings (SSSR count). The summed E-state index contributed by atoms with van der Waals surface area (Å²) in [7, 11) is 0. The number of rotatable bonds is 3. The number of nitrogens with one attached hydrogen (secondary N) is 2. The molecule has 0 saturated carbocycles. The Morgan fingerprint density at radius 2 is 2.15 bits per heavy atom. The Kier molecular flexibility index (Phi) is 3.48. The number of benzene rings is 1. The quantitative estimate of drug-likeness (QED) is 0.599. The van der Waals surface area contributed by atoms with Gasteiger partial charge in [0, 0.05) is 23.5 Å². The Bertz CT molecular complexity index is 1120. The summed E-state index contributed by atoms with van der Waals surface area (Å²) < 4.78 is 1.93. The van der Waals surface area contributed by atoms with Crippen molar-refractivity contribution in [3.63, 3.8) is 0 Å². The van der Waals surface area contributed by atoms with Gasteiger partial charge < -0.3 is 10.3 Å². The molecule has 4 aromatic rings. The van der Waals surface area contributed by atoms with E-state index in [2.05, 4.69) is 26.3 Å². The van der Waals surface area contributed by atoms with Gasteiger partial charge in [0.15, 0.2) is 5.65 Å². The summed E-state index contributed by atoms with van der Waals surface area (Å²) in [5.41, 5.74) is 6.03. The summed E-state index contributed by atoms with van der Waals surface area (Å²) in [6, 6.07) is 5.97. The van der Waals surface area contributed by atoms with E-state index in [9.17, 15) is 4.79 Å². The lowest BCUT2D eigenvalue weighted by Crippen LogP contribution is -2.23. The van der Waals surface area contributed by atoms with Gasteiger partial charge in [-0.1, -0.05) is 12.1 Å². The molecule has 2 N–H and O–H groups in total. The predicted molar refractivity (Wildman–Crippen MR) is 99.1 cm³/mol. The molecular weight excluding hydrogens is 326 g/mol. The summed E-state index contributed by atoms with van der Waals surface area (Å²) in [6.07, 6.45) is 11.6. The lowest BCUT2D eigenvalue weighted by atomic mass is 9.95. The zero-order valence-electron chi connectivity index (χ0n) is 14.3. The molecule has 0 aliphatic heterocycles. The smallest absolute Gasteiger partial charge is 0.253 e. The predicted octanol–water partition coefficient (Wildman–Crippen LogP) is 3.02. The lowest BCUT2D eigenvalue weighted by Gasteiger charge is -2.10. The number of carbonyl (C=O) groups excluding carboxylic acids is 1. The third kappa shape index (κ3) is 2.37. The van der Waals surface area contributed by atoms with E-state index in [1.165, 1.54) is 29.5 Å². The molecule has 0 spiro atoms. The van der Waals surface area contributed by atoms with Crippen LogP contribution in [0.5, 0.6) is 0 Å². The number of nitrogens with zero attached hydrogens (tertiary/aromatic N) is 3. The minimum Gasteiger partial charge on any atom is -0.358 e. The highest BCUT2D eigenvalue weighted by atomic mass is 16.1. The van der Waals surface area contributed by atoms with Crippen LogP contribution in [0.3, 0.4) is 0 Å². The molecule has 1 aromatic carbocycles. The monoisotopic (exact) mass is 345 g/mol. The van der Waals surface area contributed by atoms with Crippen molar-refractivity contribution in [2.24, 2.45) is 0 Å². The fraction of sp³-hybridized carbons (Fsp3) is 0.250. The van der Waals surface area contributed by atoms with Crippen LogP contribution < -0.4 is 5.32 Å². The Morgan fingerprint density at radius 3 is 3.12 bits per heavy atom. The van der Waals surface area contributed by atoms with Crippen LogP contribution in [0.25, 0.3) is 16.6 Å². The largest absolute Gasteiger partial charge is 0.358 e. The van der Waals surface area contributed by atoms with E-state index in [-0.39, 0.29) is 5.91 Å². The summed E-state index contributed by atoms with van der Waals surface area (Å²) in [4.78, 5) is 24.7. The van der Waals surface area contributed by atoms with E-state index >= 15 is 0 Å². The standard InChI is InChI=1S/C20H19N5O/c26-20(23-11-13-10-22-18-12-21-8-9-25(13)18)16-6-3-5-15-14-4-1-2-7-17(14)24-19(15)16/h3,5-6,8-10,12,24H,1-2,4,7,11H2,(H,23,26). The minimum atomic E-state index is -0.0711. The second-order valence-electron chi connectivity index (χ2n) is 6.75. The van der Waals surface area contributed by atoms with Gasteiger partial charge in [-0.05, 0) is 37.3 Å². The molecule has 6 nitrogen and oxygen atoms in total. The number of amides is 1. The second-order valence-corrected chi connectivity index (χ2v) is 6.75. The highest BCUT2D eigenvalue weighted by molar-refractivity contribution is 6.06. The summed E-state index contributed by atoms with van der Waals surface area (Å²) in [5, 5.41) is 4.21. The molecular formula is C20H19N5O. The lowest BCUT2D eigenvalue weighted by molar-refractivity contribution is 0.0952. The van der Waals surface area contributed by atoms with Gasteiger partial charge in [0.05, 0.1) is 35.7 Å². The molecule has 3 aromatic heterocycles. The van der Waals surface area contributed by atoms with Crippen molar-refractivity contribution in [2.75, 3.05) is 0 Å². The van der Waals surface area contributed by atoms with E-state index in [0.29, 0.717) is 12.1 Å². The van der Waals surface area contributed by atoms with Gasteiger partial charge in [-0.2, -0.15) is 0 Å². The van der Waals surface area contributed by atoms with Crippen molar-refractivity contribution in [3.8, 4) is 0 Å². The molecule has 0 unspecified atom stereocenters. The maximum absolute atomic E-state index is 12.8. The minimum absolute atomic E-state index is 0.0711. The molecule has 0 atom stereocenters. The van der Waals surface area contributed by atoms with E-state index in [0.717, 1.165) is 29.7 Å². The van der Waals surface area contributed by atoms with Gasteiger partial charge >= 0.3 is 0 Å². The summed E-state index contributed by atoms with van der Waals surface area (Å²) >= 11 is 0. The molecule has 1 aliphatic rings. The first kappa shape index (κ1) is 15.1. The van der Waals surface area contributed by atoms with Gasteiger partial charge in [0.2, 0.25) is 0 Å². The normalized spacial score (nSPS) is 13.8. The maximum Gasteiger partial charge on any atom is 0.253 e. The van der Waals surface area contributed by atoms with E-state index in [4.69, 9.17) is 0 Å². The average molecular weight is 345 g/mol. The molecule has 0 saturated heterocycles. The van der Waals surface area contributed by atoms with Crippen molar-refractivity contribution in [2.45, 2.75) is 32.2 Å². The van der Waals surface area contributed by atoms with Crippen LogP contribution in [0, 0.1) is 0 Å². The van der Waals surface area contributed by atoms with Crippen LogP contribution in [0.4, 0.5) is 0 Å². The van der Waals surface area contributed by atoms with Crippen molar-refractivity contribution in [1.82, 2.24) is 24.7 Å². The zero-order chi connectivity index (χ0) is 17.5. The highest BCUT2D eigenvalue weighted by Gasteiger charge is 2.19. The van der Waals surface area contributed by atoms with Crippen LogP contribution in [-0.4, -0.2) is 25.3 Å². The second kappa shape index (κ2) is 5.98. The molecule has 130 valence electrons. The van der Waals surface area contributed by atoms with Crippen LogP contribution in [0.15, 0.2) is 43.0 Å². The van der Waals surface area contributed by atoms with Gasteiger partial charge in [-0.15, -0.1) is 0 Å². The third-order valence-corrected chi connectivity index (χ3v) is 5.20. The highest BCUT2D eigenvalue weighted by Crippen LogP contribution is 2.30.